The van der Waals surface area contributed by atoms with E-state index in [9.17, 15) is 0 Å². The molecule has 0 radical (unpaired) electrons. The van der Waals surface area contributed by atoms with Gasteiger partial charge >= 0.3 is 0 Å². The average Bonchev–Trinajstić information content (AvgIpc) is 1.76. The molecule has 0 N–H and O–H groups in total. The molecule has 0 saturated carbocycles. The van der Waals surface area contributed by atoms with Crippen molar-refractivity contribution in [2.24, 2.45) is 0 Å². The summed E-state index contributed by atoms with van der Waals surface area (Å²) in [5, 5.41) is 0. The molecule has 0 nitrogen and oxygen atoms in total. The van der Waals surface area contributed by atoms with E-state index in [2.05, 4.69) is 0 Å². The molecule has 0 fully saturated rings. The van der Waals surface area contributed by atoms with E-state index in [1.165, 1.54) is 0 Å². The largest absolute Gasteiger partial charge is 0.214 e. The van der Waals surface area contributed by atoms with Crippen molar-refractivity contribution in [3.05, 3.63) is 30.3 Å². The minimum absolute atomic E-state index is 0. The molecule has 2 heteroatoms. The van der Waals surface area contributed by atoms with Gasteiger partial charge in [0.2, 0.25) is 0 Å². The first-order valence-corrected chi connectivity index (χ1v) is 1.67. The first-order valence-electron chi connectivity index (χ1n) is 1.67. The topological polar surface area (TPSA) is 0 Å². The molecular weight excluding hydrogens is 188 g/mol. The van der Waals surface area contributed by atoms with E-state index in [0.717, 1.165) is 0 Å². The summed E-state index contributed by atoms with van der Waals surface area (Å²) in [4.78, 5) is 0. The molecule has 0 saturated heterocycles. The zero-order valence-electron chi connectivity index (χ0n) is 3.79. The second kappa shape index (κ2) is 6.39. The summed E-state index contributed by atoms with van der Waals surface area (Å²) in [6, 6.07) is 10.0. The summed E-state index contributed by atoms with van der Waals surface area (Å²) in [7, 11) is 0. The van der Waals surface area contributed by atoms with Gasteiger partial charge in [0.15, 0.2) is 0 Å². The van der Waals surface area contributed by atoms with Gasteiger partial charge in [-0.3, -0.25) is 0 Å². The van der Waals surface area contributed by atoms with Crippen LogP contribution in [-0.4, -0.2) is 0 Å². The van der Waals surface area contributed by atoms with Crippen LogP contribution in [-0.2, 0) is 21.1 Å². The van der Waals surface area contributed by atoms with E-state index in [1.54, 1.807) is 0 Å². The van der Waals surface area contributed by atoms with Gasteiger partial charge in [0.05, 0.1) is 0 Å². The van der Waals surface area contributed by atoms with Crippen LogP contribution in [0.15, 0.2) is 30.3 Å². The standard InChI is InChI=1S/C5H5.Mo.H2S/c1-2-4-5-3-1;;/h1-5H;;1H2/q-1;;. The Hall–Kier alpha value is 0.388. The Balaban J connectivity index is 0. The van der Waals surface area contributed by atoms with Crippen LogP contribution in [0.4, 0.5) is 0 Å². The minimum Gasteiger partial charge on any atom is -0.214 e. The van der Waals surface area contributed by atoms with Crippen LogP contribution in [0.1, 0.15) is 0 Å². The second-order valence-electron chi connectivity index (χ2n) is 0.962. The Morgan fingerprint density at radius 2 is 1.43 bits per heavy atom. The predicted octanol–water partition coefficient (Wildman–Crippen LogP) is 1.52. The van der Waals surface area contributed by atoms with E-state index in [1.807, 2.05) is 30.3 Å². The molecule has 0 aliphatic heterocycles. The van der Waals surface area contributed by atoms with Crippen molar-refractivity contribution in [2.75, 3.05) is 0 Å². The Morgan fingerprint density at radius 3 is 1.57 bits per heavy atom. The summed E-state index contributed by atoms with van der Waals surface area (Å²) in [5.41, 5.74) is 0. The van der Waals surface area contributed by atoms with Gasteiger partial charge in [-0.15, -0.1) is 0 Å². The van der Waals surface area contributed by atoms with Gasteiger partial charge in [0.25, 0.3) is 0 Å². The SMILES string of the molecule is S.[Mo].c1cc[cH-]c1. The average molecular weight is 195 g/mol. The number of hydrogen-bond donors (Lipinski definition) is 0. The second-order valence-corrected chi connectivity index (χ2v) is 0.962. The van der Waals surface area contributed by atoms with Crippen molar-refractivity contribution in [1.82, 2.24) is 0 Å². The predicted molar refractivity (Wildman–Crippen MR) is 32.4 cm³/mol. The van der Waals surface area contributed by atoms with E-state index in [4.69, 9.17) is 0 Å². The van der Waals surface area contributed by atoms with Crippen LogP contribution in [0.3, 0.4) is 0 Å². The van der Waals surface area contributed by atoms with Crippen molar-refractivity contribution in [3.63, 3.8) is 0 Å². The summed E-state index contributed by atoms with van der Waals surface area (Å²) in [5.74, 6) is 0. The van der Waals surface area contributed by atoms with Crippen LogP contribution in [0.25, 0.3) is 0 Å². The monoisotopic (exact) mass is 197 g/mol. The maximum atomic E-state index is 2.00. The van der Waals surface area contributed by atoms with Crippen molar-refractivity contribution in [2.45, 2.75) is 0 Å². The molecule has 0 aliphatic rings. The molecular formula is C5H7MoS-. The van der Waals surface area contributed by atoms with Crippen LogP contribution in [0.5, 0.6) is 0 Å². The van der Waals surface area contributed by atoms with Gasteiger partial charge in [-0.2, -0.15) is 31.7 Å². The molecule has 0 heterocycles. The molecule has 40 valence electrons. The van der Waals surface area contributed by atoms with E-state index < -0.39 is 0 Å². The number of hydrogen-bond acceptors (Lipinski definition) is 0. The minimum atomic E-state index is 0. The zero-order valence-corrected chi connectivity index (χ0v) is 6.80. The molecule has 1 aromatic rings. The molecule has 7 heavy (non-hydrogen) atoms. The van der Waals surface area contributed by atoms with E-state index in [0.29, 0.717) is 0 Å². The van der Waals surface area contributed by atoms with Crippen LogP contribution >= 0.6 is 13.5 Å². The quantitative estimate of drug-likeness (QED) is 0.435. The summed E-state index contributed by atoms with van der Waals surface area (Å²) < 4.78 is 0. The van der Waals surface area contributed by atoms with Gasteiger partial charge in [-0.25, -0.2) is 12.1 Å². The molecule has 1 aromatic carbocycles. The smallest absolute Gasteiger partial charge is 0 e. The van der Waals surface area contributed by atoms with Crippen molar-refractivity contribution < 1.29 is 21.1 Å². The maximum Gasteiger partial charge on any atom is 0 e. The van der Waals surface area contributed by atoms with Crippen LogP contribution in [0.2, 0.25) is 0 Å². The van der Waals surface area contributed by atoms with Gasteiger partial charge < -0.3 is 0 Å². The summed E-state index contributed by atoms with van der Waals surface area (Å²) >= 11 is 0. The molecule has 1 rings (SSSR count). The molecule has 0 bridgehead atoms. The molecule has 0 aliphatic carbocycles. The molecule has 0 unspecified atom stereocenters. The van der Waals surface area contributed by atoms with Crippen molar-refractivity contribution in [1.29, 1.82) is 0 Å². The Morgan fingerprint density at radius 1 is 1.00 bits per heavy atom. The molecule has 0 atom stereocenters. The van der Waals surface area contributed by atoms with Crippen LogP contribution < -0.4 is 0 Å². The fourth-order valence-corrected chi connectivity index (χ4v) is 0.321. The normalized spacial score (nSPS) is 5.71. The molecule has 0 aromatic heterocycles. The van der Waals surface area contributed by atoms with Gasteiger partial charge in [0, 0.05) is 21.1 Å². The Labute approximate surface area is 65.0 Å². The Bertz CT molecular complexity index is 64.6. The van der Waals surface area contributed by atoms with E-state index in [-0.39, 0.29) is 34.6 Å². The number of rotatable bonds is 0. The fraction of sp³-hybridized carbons (Fsp3) is 0. The fourth-order valence-electron chi connectivity index (χ4n) is 0.321. The first kappa shape index (κ1) is 10.4. The van der Waals surface area contributed by atoms with Crippen LogP contribution in [0, 0.1) is 0 Å². The van der Waals surface area contributed by atoms with Gasteiger partial charge in [0.1, 0.15) is 0 Å². The van der Waals surface area contributed by atoms with Crippen molar-refractivity contribution >= 4 is 13.5 Å². The third-order valence-corrected chi connectivity index (χ3v) is 0.556. The third-order valence-electron chi connectivity index (χ3n) is 0.556. The first-order chi connectivity index (χ1) is 2.50. The van der Waals surface area contributed by atoms with Gasteiger partial charge in [-0.1, -0.05) is 0 Å². The van der Waals surface area contributed by atoms with E-state index >= 15 is 0 Å². The van der Waals surface area contributed by atoms with Gasteiger partial charge in [-0.05, 0) is 0 Å². The zero-order chi connectivity index (χ0) is 3.54. The van der Waals surface area contributed by atoms with Crippen molar-refractivity contribution in [3.8, 4) is 0 Å². The molecule has 0 spiro atoms. The molecule has 0 amide bonds. The Kier molecular flexibility index (Phi) is 9.48. The third kappa shape index (κ3) is 4.24. The summed E-state index contributed by atoms with van der Waals surface area (Å²) in [6.45, 7) is 0. The summed E-state index contributed by atoms with van der Waals surface area (Å²) in [6.07, 6.45) is 0. The maximum absolute atomic E-state index is 2.00.